The maximum absolute atomic E-state index is 13.9. The van der Waals surface area contributed by atoms with Gasteiger partial charge >= 0.3 is 6.18 Å². The molecule has 3 unspecified atom stereocenters. The fourth-order valence-corrected chi connectivity index (χ4v) is 5.09. The average Bonchev–Trinajstić information content (AvgIpc) is 3.34. The summed E-state index contributed by atoms with van der Waals surface area (Å²) < 4.78 is 52.8. The van der Waals surface area contributed by atoms with Crippen LogP contribution in [0.5, 0.6) is 0 Å². The Bertz CT molecular complexity index is 1060. The molecule has 3 fully saturated rings. The molecule has 0 spiro atoms. The van der Waals surface area contributed by atoms with Crippen LogP contribution < -0.4 is 10.2 Å². The summed E-state index contributed by atoms with van der Waals surface area (Å²) in [5.74, 6) is 0.504. The minimum absolute atomic E-state index is 0.0300. The maximum Gasteiger partial charge on any atom is 0.421 e. The fourth-order valence-electron chi connectivity index (χ4n) is 4.44. The van der Waals surface area contributed by atoms with E-state index >= 15 is 0 Å². The highest BCUT2D eigenvalue weighted by molar-refractivity contribution is 7.13. The van der Waals surface area contributed by atoms with Gasteiger partial charge in [-0.1, -0.05) is 0 Å². The first-order valence-electron chi connectivity index (χ1n) is 10.2. The number of halogens is 3. The number of alkyl halides is 3. The summed E-state index contributed by atoms with van der Waals surface area (Å²) >= 11 is 1.34. The van der Waals surface area contributed by atoms with Gasteiger partial charge in [-0.2, -0.15) is 18.2 Å². The molecular weight excluding hydrogens is 429 g/mol. The Balaban J connectivity index is 1.65. The SMILES string of the molecule is COC(C)(c1cc(-c2nccs2)c2oc(N3CC4CCC(C3)NC4)nc2c1)C(F)(F)F. The molecule has 0 radical (unpaired) electrons. The van der Waals surface area contributed by atoms with Crippen molar-refractivity contribution in [3.8, 4) is 10.6 Å². The van der Waals surface area contributed by atoms with Gasteiger partial charge in [-0.05, 0) is 49.9 Å². The number of benzene rings is 1. The number of methoxy groups -OCH3 is 1. The van der Waals surface area contributed by atoms with Gasteiger partial charge in [-0.15, -0.1) is 11.3 Å². The number of ether oxygens (including phenoxy) is 1. The van der Waals surface area contributed by atoms with Crippen LogP contribution in [-0.4, -0.2) is 48.9 Å². The lowest BCUT2D eigenvalue weighted by molar-refractivity contribution is -0.269. The van der Waals surface area contributed by atoms with E-state index in [1.807, 2.05) is 0 Å². The van der Waals surface area contributed by atoms with Crippen LogP contribution in [0, 0.1) is 5.92 Å². The van der Waals surface area contributed by atoms with Crippen molar-refractivity contribution >= 4 is 28.5 Å². The van der Waals surface area contributed by atoms with Crippen LogP contribution in [0.4, 0.5) is 19.2 Å². The largest absolute Gasteiger partial charge is 0.423 e. The predicted molar refractivity (Wildman–Crippen MR) is 112 cm³/mol. The van der Waals surface area contributed by atoms with Crippen LogP contribution in [0.2, 0.25) is 0 Å². The monoisotopic (exact) mass is 452 g/mol. The molecule has 3 aromatic rings. The van der Waals surface area contributed by atoms with E-state index < -0.39 is 11.8 Å². The number of fused-ring (bicyclic) bond motifs is 5. The second kappa shape index (κ2) is 7.46. The Morgan fingerprint density at radius 3 is 2.74 bits per heavy atom. The van der Waals surface area contributed by atoms with Crippen molar-refractivity contribution in [2.45, 2.75) is 37.6 Å². The van der Waals surface area contributed by atoms with Gasteiger partial charge < -0.3 is 19.4 Å². The van der Waals surface area contributed by atoms with E-state index in [1.165, 1.54) is 23.5 Å². The average molecular weight is 453 g/mol. The Morgan fingerprint density at radius 2 is 2.10 bits per heavy atom. The second-order valence-corrected chi connectivity index (χ2v) is 9.29. The van der Waals surface area contributed by atoms with Gasteiger partial charge in [-0.25, -0.2) is 4.98 Å². The summed E-state index contributed by atoms with van der Waals surface area (Å²) in [6.07, 6.45) is -0.723. The van der Waals surface area contributed by atoms with E-state index in [9.17, 15) is 13.2 Å². The minimum Gasteiger partial charge on any atom is -0.423 e. The van der Waals surface area contributed by atoms with Gasteiger partial charge in [0.15, 0.2) is 11.2 Å². The number of oxazole rings is 1. The molecule has 5 heterocycles. The predicted octanol–water partition coefficient (Wildman–Crippen LogP) is 4.56. The first kappa shape index (κ1) is 20.7. The molecule has 0 aliphatic carbocycles. The van der Waals surface area contributed by atoms with E-state index in [0.29, 0.717) is 39.6 Å². The quantitative estimate of drug-likeness (QED) is 0.626. The highest BCUT2D eigenvalue weighted by atomic mass is 32.1. The maximum atomic E-state index is 13.9. The summed E-state index contributed by atoms with van der Waals surface area (Å²) in [4.78, 5) is 11.0. The van der Waals surface area contributed by atoms with Gasteiger partial charge in [-0.3, -0.25) is 0 Å². The lowest BCUT2D eigenvalue weighted by Gasteiger charge is -2.31. The number of hydrogen-bond acceptors (Lipinski definition) is 7. The number of nitrogens with zero attached hydrogens (tertiary/aromatic N) is 3. The molecule has 10 heteroatoms. The first-order chi connectivity index (χ1) is 14.8. The Hall–Kier alpha value is -2.17. The number of nitrogens with one attached hydrogen (secondary N) is 1. The zero-order valence-corrected chi connectivity index (χ0v) is 18.0. The number of thiazole rings is 1. The molecular formula is C21H23F3N4O2S. The molecule has 0 saturated carbocycles. The highest BCUT2D eigenvalue weighted by Gasteiger charge is 2.53. The number of aromatic nitrogens is 2. The minimum atomic E-state index is -4.60. The molecule has 1 aromatic carbocycles. The summed E-state index contributed by atoms with van der Waals surface area (Å²) in [6, 6.07) is 3.68. The van der Waals surface area contributed by atoms with Gasteiger partial charge in [0, 0.05) is 37.8 Å². The van der Waals surface area contributed by atoms with E-state index in [2.05, 4.69) is 20.2 Å². The summed E-state index contributed by atoms with van der Waals surface area (Å²) in [5.41, 5.74) is -1.20. The lowest BCUT2D eigenvalue weighted by Crippen LogP contribution is -2.41. The van der Waals surface area contributed by atoms with Gasteiger partial charge in [0.2, 0.25) is 0 Å². The molecule has 3 aliphatic rings. The van der Waals surface area contributed by atoms with E-state index in [-0.39, 0.29) is 5.56 Å². The highest BCUT2D eigenvalue weighted by Crippen LogP contribution is 2.45. The van der Waals surface area contributed by atoms with Crippen LogP contribution in [0.25, 0.3) is 21.7 Å². The number of rotatable bonds is 4. The number of piperidine rings is 1. The number of anilines is 1. The van der Waals surface area contributed by atoms with Gasteiger partial charge in [0.1, 0.15) is 10.5 Å². The van der Waals surface area contributed by atoms with Crippen molar-refractivity contribution in [3.63, 3.8) is 0 Å². The Labute approximate surface area is 181 Å². The van der Waals surface area contributed by atoms with Crippen LogP contribution in [0.15, 0.2) is 28.1 Å². The molecule has 0 amide bonds. The zero-order valence-electron chi connectivity index (χ0n) is 17.2. The third kappa shape index (κ3) is 3.50. The van der Waals surface area contributed by atoms with Crippen molar-refractivity contribution in [1.29, 1.82) is 0 Å². The molecule has 2 bridgehead atoms. The molecule has 3 saturated heterocycles. The molecule has 31 heavy (non-hydrogen) atoms. The van der Waals surface area contributed by atoms with Crippen LogP contribution in [0.1, 0.15) is 25.3 Å². The lowest BCUT2D eigenvalue weighted by atomic mass is 9.93. The molecule has 3 atom stereocenters. The van der Waals surface area contributed by atoms with Crippen LogP contribution in [0.3, 0.4) is 0 Å². The van der Waals surface area contributed by atoms with Crippen LogP contribution in [-0.2, 0) is 10.3 Å². The second-order valence-electron chi connectivity index (χ2n) is 8.39. The van der Waals surface area contributed by atoms with Gasteiger partial charge in [0.25, 0.3) is 6.01 Å². The first-order valence-corrected chi connectivity index (χ1v) is 11.1. The fraction of sp³-hybridized carbons (Fsp3) is 0.524. The number of hydrogen-bond donors (Lipinski definition) is 1. The van der Waals surface area contributed by atoms with E-state index in [4.69, 9.17) is 9.15 Å². The van der Waals surface area contributed by atoms with Crippen LogP contribution >= 0.6 is 11.3 Å². The topological polar surface area (TPSA) is 63.4 Å². The third-order valence-corrected chi connectivity index (χ3v) is 7.26. The molecule has 166 valence electrons. The zero-order chi connectivity index (χ0) is 21.8. The Kier molecular flexibility index (Phi) is 4.98. The standard InChI is InChI=1S/C21H23F3N4O2S/c1-20(29-2,21(22,23)24)13-7-15(18-25-5-6-31-18)17-16(8-13)27-19(30-17)28-10-12-3-4-14(11-28)26-9-12/h5-8,12,14,26H,3-4,9-11H2,1-2H3. The smallest absolute Gasteiger partial charge is 0.421 e. The normalized spacial score (nSPS) is 23.8. The van der Waals surface area contributed by atoms with Crippen molar-refractivity contribution < 1.29 is 22.3 Å². The van der Waals surface area contributed by atoms with Crippen molar-refractivity contribution in [2.24, 2.45) is 5.92 Å². The van der Waals surface area contributed by atoms with Crippen molar-refractivity contribution in [1.82, 2.24) is 15.3 Å². The molecule has 6 rings (SSSR count). The molecule has 1 N–H and O–H groups in total. The molecule has 6 nitrogen and oxygen atoms in total. The Morgan fingerprint density at radius 1 is 1.26 bits per heavy atom. The summed E-state index contributed by atoms with van der Waals surface area (Å²) in [5, 5.41) is 5.90. The summed E-state index contributed by atoms with van der Waals surface area (Å²) in [7, 11) is 1.06. The van der Waals surface area contributed by atoms with E-state index in [0.717, 1.165) is 46.5 Å². The van der Waals surface area contributed by atoms with Crippen molar-refractivity contribution in [3.05, 3.63) is 29.3 Å². The molecule has 2 aromatic heterocycles. The third-order valence-electron chi connectivity index (χ3n) is 6.45. The van der Waals surface area contributed by atoms with E-state index in [1.54, 1.807) is 11.6 Å². The van der Waals surface area contributed by atoms with Gasteiger partial charge in [0.05, 0.1) is 5.56 Å². The van der Waals surface area contributed by atoms with Crippen molar-refractivity contribution in [2.75, 3.05) is 31.6 Å². The summed E-state index contributed by atoms with van der Waals surface area (Å²) in [6.45, 7) is 3.57. The molecule has 3 aliphatic heterocycles.